The van der Waals surface area contributed by atoms with Crippen LogP contribution in [0.25, 0.3) is 0 Å². The minimum Gasteiger partial charge on any atom is -0.497 e. The molecule has 0 atom stereocenters. The van der Waals surface area contributed by atoms with Gasteiger partial charge in [0.2, 0.25) is 0 Å². The smallest absolute Gasteiger partial charge is 0.163 e. The van der Waals surface area contributed by atoms with Gasteiger partial charge in [-0.2, -0.15) is 0 Å². The quantitative estimate of drug-likeness (QED) is 0.726. The van der Waals surface area contributed by atoms with Crippen molar-refractivity contribution in [2.45, 2.75) is 32.3 Å². The Morgan fingerprint density at radius 3 is 2.83 bits per heavy atom. The molecule has 1 fully saturated rings. The van der Waals surface area contributed by atoms with Crippen molar-refractivity contribution in [2.75, 3.05) is 13.7 Å². The van der Waals surface area contributed by atoms with Crippen molar-refractivity contribution in [2.24, 2.45) is 5.92 Å². The molecule has 3 nitrogen and oxygen atoms in total. The maximum Gasteiger partial charge on any atom is 0.163 e. The summed E-state index contributed by atoms with van der Waals surface area (Å²) in [5.74, 6) is 1.43. The molecular weight excluding hydrogens is 228 g/mol. The first-order chi connectivity index (χ1) is 8.72. The molecule has 2 rings (SSSR count). The predicted octanol–water partition coefficient (Wildman–Crippen LogP) is 3.08. The topological polar surface area (TPSA) is 35.5 Å². The van der Waals surface area contributed by atoms with Crippen LogP contribution < -0.4 is 4.74 Å². The minimum absolute atomic E-state index is 0.203. The van der Waals surface area contributed by atoms with Gasteiger partial charge in [0, 0.05) is 18.6 Å². The van der Waals surface area contributed by atoms with Gasteiger partial charge >= 0.3 is 0 Å². The number of Topliss-reactive ketones (excluding diaryl/α,β-unsaturated/α-hetero) is 1. The highest BCUT2D eigenvalue weighted by atomic mass is 16.5. The molecule has 0 spiro atoms. The van der Waals surface area contributed by atoms with Crippen LogP contribution in [0.2, 0.25) is 0 Å². The largest absolute Gasteiger partial charge is 0.497 e. The summed E-state index contributed by atoms with van der Waals surface area (Å²) < 4.78 is 10.6. The summed E-state index contributed by atoms with van der Waals surface area (Å²) in [7, 11) is 1.61. The van der Waals surface area contributed by atoms with Gasteiger partial charge in [0.1, 0.15) is 5.75 Å². The van der Waals surface area contributed by atoms with E-state index in [4.69, 9.17) is 9.47 Å². The lowest BCUT2D eigenvalue weighted by molar-refractivity contribution is -0.0246. The minimum atomic E-state index is 0.203. The molecule has 0 radical (unpaired) electrons. The van der Waals surface area contributed by atoms with Gasteiger partial charge in [0.25, 0.3) is 0 Å². The van der Waals surface area contributed by atoms with Gasteiger partial charge in [-0.05, 0) is 37.8 Å². The highest BCUT2D eigenvalue weighted by Gasteiger charge is 2.31. The lowest BCUT2D eigenvalue weighted by Crippen LogP contribution is -2.32. The summed E-state index contributed by atoms with van der Waals surface area (Å²) in [6.45, 7) is 2.77. The molecule has 1 aliphatic carbocycles. The Bertz CT molecular complexity index is 408. The van der Waals surface area contributed by atoms with Gasteiger partial charge in [-0.1, -0.05) is 12.1 Å². The molecule has 1 aromatic rings. The van der Waals surface area contributed by atoms with E-state index in [2.05, 4.69) is 0 Å². The summed E-state index contributed by atoms with van der Waals surface area (Å²) in [5.41, 5.74) is 0.745. The Kier molecular flexibility index (Phi) is 4.37. The fraction of sp³-hybridized carbons (Fsp3) is 0.533. The number of ketones is 1. The molecular formula is C15H20O3. The van der Waals surface area contributed by atoms with E-state index in [1.807, 2.05) is 25.1 Å². The summed E-state index contributed by atoms with van der Waals surface area (Å²) >= 11 is 0. The van der Waals surface area contributed by atoms with Crippen LogP contribution >= 0.6 is 0 Å². The van der Waals surface area contributed by atoms with Crippen LogP contribution in [-0.2, 0) is 4.74 Å². The fourth-order valence-electron chi connectivity index (χ4n) is 2.39. The normalized spacial score (nSPS) is 22.3. The average Bonchev–Trinajstić information content (AvgIpc) is 2.36. The second-order valence-electron chi connectivity index (χ2n) is 4.77. The van der Waals surface area contributed by atoms with Crippen molar-refractivity contribution < 1.29 is 14.3 Å². The van der Waals surface area contributed by atoms with Gasteiger partial charge in [-0.3, -0.25) is 4.79 Å². The Labute approximate surface area is 108 Å². The van der Waals surface area contributed by atoms with E-state index in [0.717, 1.165) is 30.8 Å². The highest BCUT2D eigenvalue weighted by Crippen LogP contribution is 2.33. The lowest BCUT2D eigenvalue weighted by atomic mass is 9.78. The molecule has 1 saturated carbocycles. The van der Waals surface area contributed by atoms with E-state index in [-0.39, 0.29) is 5.78 Å². The van der Waals surface area contributed by atoms with Crippen LogP contribution in [0.15, 0.2) is 24.3 Å². The zero-order chi connectivity index (χ0) is 13.0. The van der Waals surface area contributed by atoms with Crippen molar-refractivity contribution in [1.29, 1.82) is 0 Å². The standard InChI is InChI=1S/C15H20O3/c1-3-18-14-7-11(8-14)9-15(16)12-5-4-6-13(10-12)17-2/h4-6,10-11,14H,3,7-9H2,1-2H3. The first kappa shape index (κ1) is 13.1. The summed E-state index contributed by atoms with van der Waals surface area (Å²) in [4.78, 5) is 12.1. The molecule has 0 unspecified atom stereocenters. The van der Waals surface area contributed by atoms with Crippen LogP contribution in [0.1, 0.15) is 36.5 Å². The number of benzene rings is 1. The van der Waals surface area contributed by atoms with E-state index in [0.29, 0.717) is 18.4 Å². The number of methoxy groups -OCH3 is 1. The van der Waals surface area contributed by atoms with Crippen LogP contribution in [0, 0.1) is 5.92 Å². The average molecular weight is 248 g/mol. The van der Waals surface area contributed by atoms with Crippen molar-refractivity contribution >= 4 is 5.78 Å². The van der Waals surface area contributed by atoms with Crippen LogP contribution in [-0.4, -0.2) is 25.6 Å². The Balaban J connectivity index is 1.85. The number of hydrogen-bond donors (Lipinski definition) is 0. The molecule has 1 aromatic carbocycles. The van der Waals surface area contributed by atoms with Crippen molar-refractivity contribution in [3.05, 3.63) is 29.8 Å². The first-order valence-electron chi connectivity index (χ1n) is 6.51. The molecule has 1 aliphatic rings. The summed E-state index contributed by atoms with van der Waals surface area (Å²) in [5, 5.41) is 0. The zero-order valence-electron chi connectivity index (χ0n) is 11.0. The maximum absolute atomic E-state index is 12.1. The molecule has 0 aliphatic heterocycles. The third-order valence-corrected chi connectivity index (χ3v) is 3.46. The number of ether oxygens (including phenoxy) is 2. The summed E-state index contributed by atoms with van der Waals surface area (Å²) in [6, 6.07) is 7.37. The van der Waals surface area contributed by atoms with Gasteiger partial charge in [0.15, 0.2) is 5.78 Å². The Hall–Kier alpha value is -1.35. The third kappa shape index (κ3) is 3.10. The van der Waals surface area contributed by atoms with Gasteiger partial charge in [-0.25, -0.2) is 0 Å². The summed E-state index contributed by atoms with van der Waals surface area (Å²) in [6.07, 6.45) is 3.03. The Morgan fingerprint density at radius 2 is 2.17 bits per heavy atom. The SMILES string of the molecule is CCOC1CC(CC(=O)c2cccc(OC)c2)C1. The number of rotatable bonds is 6. The number of carbonyl (C=O) groups excluding carboxylic acids is 1. The highest BCUT2D eigenvalue weighted by molar-refractivity contribution is 5.96. The fourth-order valence-corrected chi connectivity index (χ4v) is 2.39. The molecule has 0 saturated heterocycles. The molecule has 98 valence electrons. The molecule has 0 amide bonds. The Morgan fingerprint density at radius 1 is 1.39 bits per heavy atom. The van der Waals surface area contributed by atoms with E-state index in [1.165, 1.54) is 0 Å². The number of hydrogen-bond acceptors (Lipinski definition) is 3. The van der Waals surface area contributed by atoms with E-state index in [1.54, 1.807) is 13.2 Å². The molecule has 18 heavy (non-hydrogen) atoms. The predicted molar refractivity (Wildman–Crippen MR) is 70.1 cm³/mol. The van der Waals surface area contributed by atoms with Gasteiger partial charge < -0.3 is 9.47 Å². The second kappa shape index (κ2) is 6.01. The second-order valence-corrected chi connectivity index (χ2v) is 4.77. The van der Waals surface area contributed by atoms with Crippen molar-refractivity contribution in [3.8, 4) is 5.75 Å². The molecule has 3 heteroatoms. The molecule has 0 N–H and O–H groups in total. The van der Waals surface area contributed by atoms with Crippen LogP contribution in [0.5, 0.6) is 5.75 Å². The monoisotopic (exact) mass is 248 g/mol. The zero-order valence-corrected chi connectivity index (χ0v) is 11.0. The molecule has 0 aromatic heterocycles. The number of carbonyl (C=O) groups is 1. The van der Waals surface area contributed by atoms with E-state index in [9.17, 15) is 4.79 Å². The first-order valence-corrected chi connectivity index (χ1v) is 6.51. The maximum atomic E-state index is 12.1. The van der Waals surface area contributed by atoms with E-state index < -0.39 is 0 Å². The molecule has 0 bridgehead atoms. The van der Waals surface area contributed by atoms with Crippen LogP contribution in [0.4, 0.5) is 0 Å². The van der Waals surface area contributed by atoms with Gasteiger partial charge in [0.05, 0.1) is 13.2 Å². The molecule has 0 heterocycles. The van der Waals surface area contributed by atoms with E-state index >= 15 is 0 Å². The van der Waals surface area contributed by atoms with Crippen molar-refractivity contribution in [1.82, 2.24) is 0 Å². The lowest BCUT2D eigenvalue weighted by Gasteiger charge is -2.34. The van der Waals surface area contributed by atoms with Crippen LogP contribution in [0.3, 0.4) is 0 Å². The third-order valence-electron chi connectivity index (χ3n) is 3.46. The van der Waals surface area contributed by atoms with Crippen molar-refractivity contribution in [3.63, 3.8) is 0 Å². The van der Waals surface area contributed by atoms with Gasteiger partial charge in [-0.15, -0.1) is 0 Å².